The number of likely N-dealkylation sites (tertiary alicyclic amines) is 2. The second-order valence-corrected chi connectivity index (χ2v) is 8.55. The van der Waals surface area contributed by atoms with E-state index in [0.717, 1.165) is 44.7 Å². The molecule has 140 valence electrons. The molecular weight excluding hydrogens is 351 g/mol. The molecule has 5 nitrogen and oxygen atoms in total. The van der Waals surface area contributed by atoms with Crippen molar-refractivity contribution in [1.29, 1.82) is 0 Å². The van der Waals surface area contributed by atoms with Crippen LogP contribution in [0.15, 0.2) is 23.8 Å². The Labute approximate surface area is 157 Å². The number of aromatic nitrogens is 2. The van der Waals surface area contributed by atoms with E-state index in [4.69, 9.17) is 4.74 Å². The van der Waals surface area contributed by atoms with Crippen molar-refractivity contribution in [3.63, 3.8) is 0 Å². The first kappa shape index (κ1) is 17.8. The molecule has 2 saturated heterocycles. The lowest BCUT2D eigenvalue weighted by Gasteiger charge is -2.58. The molecule has 2 aromatic heterocycles. The van der Waals surface area contributed by atoms with Gasteiger partial charge in [0.05, 0.1) is 17.8 Å². The lowest BCUT2D eigenvalue weighted by atomic mass is 9.75. The lowest BCUT2D eigenvalue weighted by molar-refractivity contribution is -0.0873. The van der Waals surface area contributed by atoms with Crippen LogP contribution in [-0.4, -0.2) is 58.6 Å². The summed E-state index contributed by atoms with van der Waals surface area (Å²) in [5.41, 5.74) is 3.31. The van der Waals surface area contributed by atoms with Gasteiger partial charge in [0.1, 0.15) is 0 Å². The Morgan fingerprint density at radius 1 is 1.38 bits per heavy atom. The number of thiazole rings is 1. The van der Waals surface area contributed by atoms with E-state index in [2.05, 4.69) is 33.7 Å². The summed E-state index contributed by atoms with van der Waals surface area (Å²) >= 11 is 1.74. The quantitative estimate of drug-likeness (QED) is 0.803. The number of ether oxygens (including phenoxy) is 1. The molecule has 0 bridgehead atoms. The Hall–Kier alpha value is -1.57. The molecule has 4 rings (SSSR count). The molecule has 0 N–H and O–H groups in total. The van der Waals surface area contributed by atoms with Gasteiger partial charge in [-0.3, -0.25) is 9.80 Å². The minimum absolute atomic E-state index is 0.122. The summed E-state index contributed by atoms with van der Waals surface area (Å²) in [5.74, 6) is 0.182. The zero-order chi connectivity index (χ0) is 18.1. The Morgan fingerprint density at radius 2 is 2.23 bits per heavy atom. The minimum Gasteiger partial charge on any atom is -0.475 e. The molecule has 0 unspecified atom stereocenters. The first-order valence-corrected chi connectivity index (χ1v) is 9.99. The fourth-order valence-electron chi connectivity index (χ4n) is 4.17. The van der Waals surface area contributed by atoms with Gasteiger partial charge in [0.25, 0.3) is 0 Å². The average Bonchev–Trinajstić information content (AvgIpc) is 3.00. The number of aryl methyl sites for hydroxylation is 1. The molecule has 26 heavy (non-hydrogen) atoms. The topological polar surface area (TPSA) is 41.5 Å². The third kappa shape index (κ3) is 3.48. The number of piperidine rings is 1. The molecule has 2 aliphatic rings. The van der Waals surface area contributed by atoms with Crippen LogP contribution in [-0.2, 0) is 6.54 Å². The number of likely N-dealkylation sites (N-methyl/N-ethyl adjacent to an activating group) is 1. The molecule has 0 radical (unpaired) electrons. The number of pyridine rings is 1. The van der Waals surface area contributed by atoms with E-state index in [1.165, 1.54) is 10.9 Å². The summed E-state index contributed by atoms with van der Waals surface area (Å²) in [6.45, 7) is 6.83. The summed E-state index contributed by atoms with van der Waals surface area (Å²) in [7, 11) is 2.23. The normalized spacial score (nSPS) is 23.1. The first-order valence-electron chi connectivity index (χ1n) is 9.12. The average molecular weight is 377 g/mol. The molecule has 2 fully saturated rings. The second kappa shape index (κ2) is 7.21. The highest BCUT2D eigenvalue weighted by Crippen LogP contribution is 2.39. The van der Waals surface area contributed by atoms with Crippen molar-refractivity contribution in [3.05, 3.63) is 40.2 Å². The van der Waals surface area contributed by atoms with E-state index < -0.39 is 0 Å². The predicted molar refractivity (Wildman–Crippen MR) is 99.9 cm³/mol. The largest absolute Gasteiger partial charge is 0.475 e. The van der Waals surface area contributed by atoms with E-state index in [9.17, 15) is 4.39 Å². The van der Waals surface area contributed by atoms with Gasteiger partial charge in [-0.1, -0.05) is 0 Å². The Bertz CT molecular complexity index is 762. The maximum atomic E-state index is 13.7. The predicted octanol–water partition coefficient (Wildman–Crippen LogP) is 2.96. The Kier molecular flexibility index (Phi) is 4.94. The number of hydrogen-bond donors (Lipinski definition) is 0. The summed E-state index contributed by atoms with van der Waals surface area (Å²) < 4.78 is 19.4. The van der Waals surface area contributed by atoms with Crippen molar-refractivity contribution in [2.24, 2.45) is 5.92 Å². The Morgan fingerprint density at radius 3 is 2.96 bits per heavy atom. The van der Waals surface area contributed by atoms with Gasteiger partial charge >= 0.3 is 0 Å². The fourth-order valence-corrected chi connectivity index (χ4v) is 4.99. The monoisotopic (exact) mass is 376 g/mol. The molecule has 1 atom stereocenters. The zero-order valence-electron chi connectivity index (χ0n) is 15.3. The summed E-state index contributed by atoms with van der Waals surface area (Å²) in [4.78, 5) is 14.7. The summed E-state index contributed by atoms with van der Waals surface area (Å²) in [5, 5.41) is 0. The molecular formula is C19H25FN4OS. The Balaban J connectivity index is 1.33. The smallest absolute Gasteiger partial charge is 0.250 e. The van der Waals surface area contributed by atoms with Crippen molar-refractivity contribution in [2.75, 3.05) is 33.3 Å². The van der Waals surface area contributed by atoms with Crippen molar-refractivity contribution in [3.8, 4) is 5.88 Å². The van der Waals surface area contributed by atoms with Crippen LogP contribution >= 0.6 is 11.3 Å². The summed E-state index contributed by atoms with van der Waals surface area (Å²) in [6, 6.07) is 2.98. The van der Waals surface area contributed by atoms with Crippen molar-refractivity contribution >= 4 is 11.3 Å². The molecule has 4 heterocycles. The van der Waals surface area contributed by atoms with Gasteiger partial charge in [0.2, 0.25) is 5.88 Å². The van der Waals surface area contributed by atoms with Crippen LogP contribution in [0.5, 0.6) is 5.88 Å². The van der Waals surface area contributed by atoms with Gasteiger partial charge in [0, 0.05) is 36.2 Å². The molecule has 0 aromatic carbocycles. The number of halogens is 1. The molecule has 0 aliphatic carbocycles. The van der Waals surface area contributed by atoms with Gasteiger partial charge in [-0.25, -0.2) is 14.4 Å². The van der Waals surface area contributed by atoms with Gasteiger partial charge in [0.15, 0.2) is 5.82 Å². The molecule has 1 spiro atoms. The molecule has 0 amide bonds. The van der Waals surface area contributed by atoms with Crippen LogP contribution in [0.2, 0.25) is 0 Å². The number of hydrogen-bond acceptors (Lipinski definition) is 6. The third-order valence-electron chi connectivity index (χ3n) is 5.78. The molecule has 7 heteroatoms. The zero-order valence-corrected chi connectivity index (χ0v) is 16.1. The van der Waals surface area contributed by atoms with Gasteiger partial charge in [-0.2, -0.15) is 0 Å². The highest BCUT2D eigenvalue weighted by Gasteiger charge is 2.49. The van der Waals surface area contributed by atoms with Gasteiger partial charge in [-0.05, 0) is 51.4 Å². The second-order valence-electron chi connectivity index (χ2n) is 7.61. The van der Waals surface area contributed by atoms with Crippen molar-refractivity contribution < 1.29 is 9.13 Å². The van der Waals surface area contributed by atoms with Crippen molar-refractivity contribution in [2.45, 2.75) is 31.8 Å². The highest BCUT2D eigenvalue weighted by molar-refractivity contribution is 7.09. The first-order chi connectivity index (χ1) is 12.6. The fraction of sp³-hybridized carbons (Fsp3) is 0.579. The molecule has 0 saturated carbocycles. The number of nitrogens with zero attached hydrogens (tertiary/aromatic N) is 4. The van der Waals surface area contributed by atoms with Crippen LogP contribution in [0, 0.1) is 18.7 Å². The van der Waals surface area contributed by atoms with Crippen LogP contribution in [0.4, 0.5) is 4.39 Å². The highest BCUT2D eigenvalue weighted by atomic mass is 32.1. The van der Waals surface area contributed by atoms with E-state index >= 15 is 0 Å². The molecule has 2 aliphatic heterocycles. The van der Waals surface area contributed by atoms with E-state index in [1.807, 2.05) is 5.51 Å². The number of rotatable bonds is 5. The van der Waals surface area contributed by atoms with E-state index in [1.54, 1.807) is 23.6 Å². The maximum absolute atomic E-state index is 13.7. The minimum atomic E-state index is -0.384. The van der Waals surface area contributed by atoms with E-state index in [0.29, 0.717) is 12.5 Å². The van der Waals surface area contributed by atoms with Gasteiger partial charge < -0.3 is 4.74 Å². The maximum Gasteiger partial charge on any atom is 0.250 e. The van der Waals surface area contributed by atoms with Crippen molar-refractivity contribution in [1.82, 2.24) is 19.8 Å². The van der Waals surface area contributed by atoms with Gasteiger partial charge in [-0.15, -0.1) is 11.3 Å². The SMILES string of the molecule is Cc1ncsc1CN1CC2(C[C@H](COc3ncccc3F)CCN2C)C1. The van der Waals surface area contributed by atoms with Crippen LogP contribution in [0.3, 0.4) is 0 Å². The van der Waals surface area contributed by atoms with Crippen LogP contribution < -0.4 is 4.74 Å². The van der Waals surface area contributed by atoms with E-state index in [-0.39, 0.29) is 17.2 Å². The third-order valence-corrected chi connectivity index (χ3v) is 6.70. The standard InChI is InChI=1S/C19H25FN4OS/c1-14-17(26-13-22-14)9-24-11-19(12-24)8-15(5-7-23(19)2)10-25-18-16(20)4-3-6-21-18/h3-4,6,13,15H,5,7-12H2,1-2H3/t15-/m1/s1. The molecule has 2 aromatic rings. The van der Waals surface area contributed by atoms with Crippen LogP contribution in [0.25, 0.3) is 0 Å². The van der Waals surface area contributed by atoms with Crippen LogP contribution in [0.1, 0.15) is 23.4 Å². The summed E-state index contributed by atoms with van der Waals surface area (Å²) in [6.07, 6.45) is 3.75. The lowest BCUT2D eigenvalue weighted by Crippen LogP contribution is -2.71.